The minimum absolute atomic E-state index is 0.158. The van der Waals surface area contributed by atoms with Crippen molar-refractivity contribution in [2.24, 2.45) is 10.2 Å². The number of carbonyl (C=O) groups excluding carboxylic acids is 1. The first-order chi connectivity index (χ1) is 14.0. The lowest BCUT2D eigenvalue weighted by Crippen LogP contribution is -2.20. The molecule has 0 saturated heterocycles. The monoisotopic (exact) mass is 384 g/mol. The van der Waals surface area contributed by atoms with Gasteiger partial charge >= 0.3 is 0 Å². The van der Waals surface area contributed by atoms with Crippen LogP contribution in [-0.4, -0.2) is 12.5 Å². The number of ether oxygens (including phenoxy) is 1. The van der Waals surface area contributed by atoms with Crippen molar-refractivity contribution < 1.29 is 9.53 Å². The molecule has 1 N–H and O–H groups in total. The van der Waals surface area contributed by atoms with Gasteiger partial charge in [-0.25, -0.2) is 0 Å². The lowest BCUT2D eigenvalue weighted by Gasteiger charge is -2.10. The lowest BCUT2D eigenvalue weighted by molar-refractivity contribution is -0.118. The summed E-state index contributed by atoms with van der Waals surface area (Å²) in [6.07, 6.45) is 0. The molecule has 0 aliphatic carbocycles. The molecular weight excluding hydrogens is 364 g/mol. The summed E-state index contributed by atoms with van der Waals surface area (Å²) < 4.78 is 5.47. The van der Waals surface area contributed by atoms with E-state index in [9.17, 15) is 4.79 Å². The second kappa shape index (κ2) is 9.29. The van der Waals surface area contributed by atoms with Gasteiger partial charge in [-0.1, -0.05) is 23.8 Å². The van der Waals surface area contributed by atoms with Crippen LogP contribution in [0, 0.1) is 25.2 Å². The number of hydrogen-bond acceptors (Lipinski definition) is 5. The molecule has 6 heteroatoms. The molecule has 0 saturated carbocycles. The van der Waals surface area contributed by atoms with E-state index in [0.717, 1.165) is 16.8 Å². The summed E-state index contributed by atoms with van der Waals surface area (Å²) in [6.45, 7) is 3.80. The van der Waals surface area contributed by atoms with Crippen LogP contribution in [0.2, 0.25) is 0 Å². The zero-order valence-electron chi connectivity index (χ0n) is 16.2. The minimum atomic E-state index is -0.315. The van der Waals surface area contributed by atoms with Crippen molar-refractivity contribution in [3.63, 3.8) is 0 Å². The Hall–Kier alpha value is -3.98. The van der Waals surface area contributed by atoms with Gasteiger partial charge in [-0.3, -0.25) is 4.79 Å². The standard InChI is InChI=1S/C23H20N4O2/c1-16-3-8-19(9-4-16)26-27-22-13-17(2)5-12-21(22)25-23(28)15-29-20-10-6-18(14-24)7-11-20/h3-13H,15H2,1-2H3,(H,25,28). The van der Waals surface area contributed by atoms with Crippen LogP contribution in [0.25, 0.3) is 0 Å². The molecule has 29 heavy (non-hydrogen) atoms. The number of azo groups is 1. The summed E-state index contributed by atoms with van der Waals surface area (Å²) in [5, 5.41) is 20.2. The van der Waals surface area contributed by atoms with E-state index in [1.165, 1.54) is 0 Å². The number of anilines is 1. The van der Waals surface area contributed by atoms with Crippen LogP contribution >= 0.6 is 0 Å². The Morgan fingerprint density at radius 3 is 2.34 bits per heavy atom. The average molecular weight is 384 g/mol. The van der Waals surface area contributed by atoms with Crippen molar-refractivity contribution >= 4 is 23.0 Å². The van der Waals surface area contributed by atoms with Gasteiger partial charge < -0.3 is 10.1 Å². The molecule has 0 spiro atoms. The van der Waals surface area contributed by atoms with E-state index in [1.54, 1.807) is 30.3 Å². The maximum atomic E-state index is 12.3. The molecule has 0 unspecified atom stereocenters. The number of nitrogens with zero attached hydrogens (tertiary/aromatic N) is 3. The largest absolute Gasteiger partial charge is 0.484 e. The van der Waals surface area contributed by atoms with E-state index in [2.05, 4.69) is 15.5 Å². The maximum Gasteiger partial charge on any atom is 0.262 e. The van der Waals surface area contributed by atoms with Crippen LogP contribution in [-0.2, 0) is 4.79 Å². The zero-order chi connectivity index (χ0) is 20.6. The van der Waals surface area contributed by atoms with E-state index in [-0.39, 0.29) is 12.5 Å². The molecule has 3 aromatic rings. The van der Waals surface area contributed by atoms with Crippen molar-refractivity contribution in [3.8, 4) is 11.8 Å². The number of carbonyl (C=O) groups is 1. The number of amides is 1. The quantitative estimate of drug-likeness (QED) is 0.561. The Balaban J connectivity index is 1.67. The molecule has 0 fully saturated rings. The molecular formula is C23H20N4O2. The number of nitriles is 1. The molecule has 3 aromatic carbocycles. The molecule has 1 amide bonds. The third-order valence-corrected chi connectivity index (χ3v) is 4.09. The van der Waals surface area contributed by atoms with Gasteiger partial charge in [-0.2, -0.15) is 10.4 Å². The van der Waals surface area contributed by atoms with Gasteiger partial charge in [0.2, 0.25) is 0 Å². The van der Waals surface area contributed by atoms with Gasteiger partial charge in [-0.05, 0) is 67.9 Å². The van der Waals surface area contributed by atoms with Crippen LogP contribution in [0.1, 0.15) is 16.7 Å². The van der Waals surface area contributed by atoms with Crippen molar-refractivity contribution in [2.75, 3.05) is 11.9 Å². The molecule has 0 heterocycles. The Labute approximate surface area is 169 Å². The molecule has 0 aliphatic rings. The van der Waals surface area contributed by atoms with Gasteiger partial charge in [0, 0.05) is 0 Å². The van der Waals surface area contributed by atoms with E-state index in [4.69, 9.17) is 10.00 Å². The highest BCUT2D eigenvalue weighted by molar-refractivity contribution is 5.94. The first kappa shape index (κ1) is 19.8. The fourth-order valence-electron chi connectivity index (χ4n) is 2.51. The minimum Gasteiger partial charge on any atom is -0.484 e. The molecule has 0 bridgehead atoms. The third kappa shape index (κ3) is 5.75. The smallest absolute Gasteiger partial charge is 0.262 e. The molecule has 0 aliphatic heterocycles. The highest BCUT2D eigenvalue weighted by Gasteiger charge is 2.08. The van der Waals surface area contributed by atoms with Crippen LogP contribution in [0.4, 0.5) is 17.1 Å². The molecule has 3 rings (SSSR count). The van der Waals surface area contributed by atoms with Gasteiger partial charge in [0.1, 0.15) is 11.4 Å². The van der Waals surface area contributed by atoms with E-state index in [1.807, 2.05) is 56.3 Å². The summed E-state index contributed by atoms with van der Waals surface area (Å²) in [7, 11) is 0. The van der Waals surface area contributed by atoms with Crippen molar-refractivity contribution in [2.45, 2.75) is 13.8 Å². The van der Waals surface area contributed by atoms with Gasteiger partial charge in [-0.15, -0.1) is 5.11 Å². The normalized spacial score (nSPS) is 10.5. The van der Waals surface area contributed by atoms with Crippen LogP contribution in [0.3, 0.4) is 0 Å². The number of aryl methyl sites for hydroxylation is 2. The van der Waals surface area contributed by atoms with Crippen molar-refractivity contribution in [1.29, 1.82) is 5.26 Å². The van der Waals surface area contributed by atoms with Crippen molar-refractivity contribution in [3.05, 3.63) is 83.4 Å². The highest BCUT2D eigenvalue weighted by atomic mass is 16.5. The highest BCUT2D eigenvalue weighted by Crippen LogP contribution is 2.28. The molecule has 0 atom stereocenters. The van der Waals surface area contributed by atoms with E-state index < -0.39 is 0 Å². The SMILES string of the molecule is Cc1ccc(N=Nc2cc(C)ccc2NC(=O)COc2ccc(C#N)cc2)cc1. The van der Waals surface area contributed by atoms with Crippen LogP contribution < -0.4 is 10.1 Å². The second-order valence-corrected chi connectivity index (χ2v) is 6.53. The van der Waals surface area contributed by atoms with Gasteiger partial charge in [0.25, 0.3) is 5.91 Å². The summed E-state index contributed by atoms with van der Waals surface area (Å²) in [5.41, 5.74) is 4.55. The number of hydrogen-bond donors (Lipinski definition) is 1. The predicted molar refractivity (Wildman–Crippen MR) is 112 cm³/mol. The summed E-state index contributed by atoms with van der Waals surface area (Å²) >= 11 is 0. The number of benzene rings is 3. The maximum absolute atomic E-state index is 12.3. The first-order valence-electron chi connectivity index (χ1n) is 9.05. The number of nitrogens with one attached hydrogen (secondary N) is 1. The summed E-state index contributed by atoms with van der Waals surface area (Å²) in [4.78, 5) is 12.3. The average Bonchev–Trinajstić information content (AvgIpc) is 2.74. The topological polar surface area (TPSA) is 86.8 Å². The fourth-order valence-corrected chi connectivity index (χ4v) is 2.51. The van der Waals surface area contributed by atoms with Gasteiger partial charge in [0.15, 0.2) is 6.61 Å². The Morgan fingerprint density at radius 1 is 0.966 bits per heavy atom. The predicted octanol–water partition coefficient (Wildman–Crippen LogP) is 5.61. The Morgan fingerprint density at radius 2 is 1.66 bits per heavy atom. The summed E-state index contributed by atoms with van der Waals surface area (Å²) in [5.74, 6) is 0.201. The van der Waals surface area contributed by atoms with Crippen LogP contribution in [0.5, 0.6) is 5.75 Å². The molecule has 0 aromatic heterocycles. The Kier molecular flexibility index (Phi) is 6.33. The van der Waals surface area contributed by atoms with Gasteiger partial charge in [0.05, 0.1) is 23.0 Å². The lowest BCUT2D eigenvalue weighted by atomic mass is 10.2. The van der Waals surface area contributed by atoms with E-state index >= 15 is 0 Å². The van der Waals surface area contributed by atoms with E-state index in [0.29, 0.717) is 22.7 Å². The number of rotatable bonds is 6. The fraction of sp³-hybridized carbons (Fsp3) is 0.130. The van der Waals surface area contributed by atoms with Crippen molar-refractivity contribution in [1.82, 2.24) is 0 Å². The zero-order valence-corrected chi connectivity index (χ0v) is 16.2. The first-order valence-corrected chi connectivity index (χ1v) is 9.05. The van der Waals surface area contributed by atoms with Crippen LogP contribution in [0.15, 0.2) is 77.0 Å². The Bertz CT molecular complexity index is 1070. The molecule has 144 valence electrons. The summed E-state index contributed by atoms with van der Waals surface area (Å²) in [6, 6.07) is 21.9. The third-order valence-electron chi connectivity index (χ3n) is 4.09. The molecule has 0 radical (unpaired) electrons. The molecule has 6 nitrogen and oxygen atoms in total. The second-order valence-electron chi connectivity index (χ2n) is 6.53.